The highest BCUT2D eigenvalue weighted by Crippen LogP contribution is 2.40. The number of aliphatic hydroxyl groups is 3. The summed E-state index contributed by atoms with van der Waals surface area (Å²) in [5.74, 6) is 0.507. The van der Waals surface area contributed by atoms with Crippen molar-refractivity contribution in [1.29, 1.82) is 0 Å². The summed E-state index contributed by atoms with van der Waals surface area (Å²) >= 11 is 9.75. The van der Waals surface area contributed by atoms with Gasteiger partial charge in [0.15, 0.2) is 27.5 Å². The number of thioether (sulfide) groups is 1. The highest BCUT2D eigenvalue weighted by atomic mass is 35.5. The highest BCUT2D eigenvalue weighted by molar-refractivity contribution is 8.01. The van der Waals surface area contributed by atoms with E-state index in [4.69, 9.17) is 21.3 Å². The predicted octanol–water partition coefficient (Wildman–Crippen LogP) is 2.83. The molecule has 35 heavy (non-hydrogen) atoms. The van der Waals surface area contributed by atoms with Gasteiger partial charge in [-0.05, 0) is 36.6 Å². The standard InChI is InChI=1S/C22H23ClN6O4S2/c23-21-27-18(15-19(28-21)29(9-24-15)20-17(32)16(31)12(8-30)33-20)25-10-5-3-7-14(10)35-22-26-11-4-1-2-6-13(11)34-22/h1-2,4,6,9-10,12,14,16-17,20,30-32H,3,5,7-8H2,(H,25,27,28)/t10-,12-,14+,16-,17-,20-/m1/s1. The molecule has 0 radical (unpaired) electrons. The zero-order valence-electron chi connectivity index (χ0n) is 18.4. The first-order valence-electron chi connectivity index (χ1n) is 11.3. The molecule has 3 aromatic heterocycles. The van der Waals surface area contributed by atoms with E-state index in [0.29, 0.717) is 22.2 Å². The maximum absolute atomic E-state index is 10.5. The Morgan fingerprint density at radius 1 is 1.17 bits per heavy atom. The van der Waals surface area contributed by atoms with E-state index in [1.807, 2.05) is 18.2 Å². The summed E-state index contributed by atoms with van der Waals surface area (Å²) in [6.07, 6.45) is 0.247. The summed E-state index contributed by atoms with van der Waals surface area (Å²) in [6, 6.07) is 8.28. The van der Waals surface area contributed by atoms with Crippen LogP contribution in [0.5, 0.6) is 0 Å². The molecule has 4 heterocycles. The first kappa shape index (κ1) is 23.3. The van der Waals surface area contributed by atoms with E-state index in [1.54, 1.807) is 23.1 Å². The summed E-state index contributed by atoms with van der Waals surface area (Å²) in [5.41, 5.74) is 1.88. The lowest BCUT2D eigenvalue weighted by molar-refractivity contribution is -0.0511. The molecule has 1 aliphatic carbocycles. The van der Waals surface area contributed by atoms with Gasteiger partial charge in [-0.1, -0.05) is 30.3 Å². The number of rotatable bonds is 6. The van der Waals surface area contributed by atoms with Gasteiger partial charge in [0.1, 0.15) is 18.3 Å². The zero-order chi connectivity index (χ0) is 24.1. The van der Waals surface area contributed by atoms with Crippen LogP contribution < -0.4 is 5.32 Å². The Hall–Kier alpha value is -2.06. The van der Waals surface area contributed by atoms with Crippen LogP contribution in [-0.4, -0.2) is 76.0 Å². The van der Waals surface area contributed by atoms with Crippen LogP contribution in [0, 0.1) is 0 Å². The number of fused-ring (bicyclic) bond motifs is 2. The lowest BCUT2D eigenvalue weighted by Crippen LogP contribution is -2.33. The van der Waals surface area contributed by atoms with Crippen molar-refractivity contribution in [1.82, 2.24) is 24.5 Å². The Morgan fingerprint density at radius 3 is 2.83 bits per heavy atom. The fourth-order valence-corrected chi connectivity index (χ4v) is 7.48. The Balaban J connectivity index is 1.26. The fourth-order valence-electron chi connectivity index (χ4n) is 4.73. The lowest BCUT2D eigenvalue weighted by atomic mass is 10.1. The van der Waals surface area contributed by atoms with Gasteiger partial charge in [-0.3, -0.25) is 4.57 Å². The quantitative estimate of drug-likeness (QED) is 0.273. The number of ether oxygens (including phenoxy) is 1. The van der Waals surface area contributed by atoms with Gasteiger partial charge in [0, 0.05) is 11.3 Å². The summed E-state index contributed by atoms with van der Waals surface area (Å²) in [6.45, 7) is -0.417. The molecule has 0 spiro atoms. The first-order valence-corrected chi connectivity index (χ1v) is 13.4. The maximum Gasteiger partial charge on any atom is 0.226 e. The highest BCUT2D eigenvalue weighted by Gasteiger charge is 2.44. The number of imidazole rings is 1. The average Bonchev–Trinajstić information content (AvgIpc) is 3.62. The Kier molecular flexibility index (Phi) is 6.29. The van der Waals surface area contributed by atoms with Crippen LogP contribution >= 0.6 is 34.7 Å². The third kappa shape index (κ3) is 4.26. The van der Waals surface area contributed by atoms with E-state index in [9.17, 15) is 15.3 Å². The molecule has 2 fully saturated rings. The van der Waals surface area contributed by atoms with Crippen molar-refractivity contribution in [3.8, 4) is 0 Å². The third-order valence-corrected chi connectivity index (χ3v) is 9.19. The molecule has 0 bridgehead atoms. The van der Waals surface area contributed by atoms with Gasteiger partial charge in [0.25, 0.3) is 0 Å². The topological polar surface area (TPSA) is 138 Å². The normalized spacial score (nSPS) is 28.9. The van der Waals surface area contributed by atoms with E-state index in [0.717, 1.165) is 29.1 Å². The molecule has 1 saturated carbocycles. The third-order valence-electron chi connectivity index (χ3n) is 6.49. The minimum atomic E-state index is -1.25. The molecule has 1 aromatic carbocycles. The molecule has 6 rings (SSSR count). The lowest BCUT2D eigenvalue weighted by Gasteiger charge is -2.21. The number of aliphatic hydroxyl groups excluding tert-OH is 3. The summed E-state index contributed by atoms with van der Waals surface area (Å²) in [4.78, 5) is 17.9. The number of hydrogen-bond acceptors (Lipinski definition) is 11. The van der Waals surface area contributed by atoms with Crippen molar-refractivity contribution < 1.29 is 20.1 Å². The van der Waals surface area contributed by atoms with Crippen LogP contribution in [0.3, 0.4) is 0 Å². The van der Waals surface area contributed by atoms with Crippen LogP contribution in [0.4, 0.5) is 5.82 Å². The van der Waals surface area contributed by atoms with Gasteiger partial charge >= 0.3 is 0 Å². The van der Waals surface area contributed by atoms with Crippen LogP contribution in [0.15, 0.2) is 34.9 Å². The van der Waals surface area contributed by atoms with E-state index >= 15 is 0 Å². The van der Waals surface area contributed by atoms with Crippen molar-refractivity contribution in [2.75, 3.05) is 11.9 Å². The number of hydrogen-bond donors (Lipinski definition) is 4. The smallest absolute Gasteiger partial charge is 0.226 e. The van der Waals surface area contributed by atoms with Crippen molar-refractivity contribution in [2.45, 2.75) is 59.4 Å². The zero-order valence-corrected chi connectivity index (χ0v) is 20.7. The summed E-state index contributed by atoms with van der Waals surface area (Å²) in [5, 5.41) is 33.9. The van der Waals surface area contributed by atoms with Crippen LogP contribution in [0.25, 0.3) is 21.4 Å². The monoisotopic (exact) mass is 534 g/mol. The molecule has 0 amide bonds. The molecule has 10 nitrogen and oxygen atoms in total. The van der Waals surface area contributed by atoms with Crippen molar-refractivity contribution >= 4 is 61.9 Å². The van der Waals surface area contributed by atoms with Gasteiger partial charge in [0.2, 0.25) is 5.28 Å². The second-order valence-electron chi connectivity index (χ2n) is 8.68. The minimum Gasteiger partial charge on any atom is -0.394 e. The number of anilines is 1. The van der Waals surface area contributed by atoms with E-state index < -0.39 is 31.1 Å². The van der Waals surface area contributed by atoms with Crippen LogP contribution in [0.1, 0.15) is 25.5 Å². The molecule has 0 unspecified atom stereocenters. The molecule has 1 saturated heterocycles. The number of benzene rings is 1. The minimum absolute atomic E-state index is 0.0295. The molecule has 4 aromatic rings. The molecular formula is C22H23ClN6O4S2. The number of nitrogens with one attached hydrogen (secondary N) is 1. The maximum atomic E-state index is 10.5. The summed E-state index contributed by atoms with van der Waals surface area (Å²) in [7, 11) is 0. The molecule has 4 N–H and O–H groups in total. The van der Waals surface area contributed by atoms with Crippen molar-refractivity contribution in [3.63, 3.8) is 0 Å². The van der Waals surface area contributed by atoms with Gasteiger partial charge in [-0.15, -0.1) is 11.3 Å². The molecular weight excluding hydrogens is 512 g/mol. The average molecular weight is 535 g/mol. The number of para-hydroxylation sites is 1. The van der Waals surface area contributed by atoms with Crippen molar-refractivity contribution in [3.05, 3.63) is 35.9 Å². The number of thiazole rings is 1. The van der Waals surface area contributed by atoms with Crippen LogP contribution in [0.2, 0.25) is 5.28 Å². The Morgan fingerprint density at radius 2 is 2.03 bits per heavy atom. The molecule has 13 heteroatoms. The predicted molar refractivity (Wildman–Crippen MR) is 134 cm³/mol. The SMILES string of the molecule is OC[C@H]1O[C@@H](n2cnc3c(N[C@@H]4CCC[C@@H]4Sc4nc5ccccc5s4)nc(Cl)nc32)[C@H](O)[C@@H]1O. The molecule has 1 aliphatic heterocycles. The van der Waals surface area contributed by atoms with E-state index in [2.05, 4.69) is 26.3 Å². The Labute approximate surface area is 213 Å². The van der Waals surface area contributed by atoms with Crippen LogP contribution in [-0.2, 0) is 4.74 Å². The van der Waals surface area contributed by atoms with Gasteiger partial charge < -0.3 is 25.4 Å². The number of halogens is 1. The molecule has 2 aliphatic rings. The van der Waals surface area contributed by atoms with Gasteiger partial charge in [-0.25, -0.2) is 9.97 Å². The van der Waals surface area contributed by atoms with Gasteiger partial charge in [0.05, 0.1) is 23.2 Å². The number of aromatic nitrogens is 5. The largest absolute Gasteiger partial charge is 0.394 e. The summed E-state index contributed by atoms with van der Waals surface area (Å²) < 4.78 is 9.39. The second kappa shape index (κ2) is 9.43. The van der Waals surface area contributed by atoms with E-state index in [-0.39, 0.29) is 11.3 Å². The molecule has 184 valence electrons. The fraction of sp³-hybridized carbons (Fsp3) is 0.455. The van der Waals surface area contributed by atoms with Crippen molar-refractivity contribution in [2.24, 2.45) is 0 Å². The van der Waals surface area contributed by atoms with E-state index in [1.165, 1.54) is 15.6 Å². The molecule has 6 atom stereocenters. The second-order valence-corrected chi connectivity index (χ2v) is 11.5. The van der Waals surface area contributed by atoms with Gasteiger partial charge in [-0.2, -0.15) is 9.97 Å². The first-order chi connectivity index (χ1) is 17.0. The Bertz CT molecular complexity index is 1340. The number of nitrogens with zero attached hydrogens (tertiary/aromatic N) is 5.